The van der Waals surface area contributed by atoms with Crippen molar-refractivity contribution in [3.05, 3.63) is 72.7 Å². The van der Waals surface area contributed by atoms with Crippen LogP contribution in [0.15, 0.2) is 50.8 Å². The molecule has 3 aromatic rings. The SMILES string of the molecule is CCc1nc2ccc(Br)cc2c(=O)n1N=Cc1ccc(Cl)cc1Cl. The average molecular weight is 425 g/mol. The number of hydrogen-bond donors (Lipinski definition) is 0. The zero-order valence-electron chi connectivity index (χ0n) is 12.6. The fraction of sp³-hybridized carbons (Fsp3) is 0.118. The Balaban J connectivity index is 2.16. The molecule has 0 spiro atoms. The molecule has 1 heterocycles. The number of nitrogens with zero attached hydrogens (tertiary/aromatic N) is 3. The largest absolute Gasteiger partial charge is 0.282 e. The first-order valence-electron chi connectivity index (χ1n) is 7.20. The van der Waals surface area contributed by atoms with Gasteiger partial charge in [-0.2, -0.15) is 9.78 Å². The highest BCUT2D eigenvalue weighted by molar-refractivity contribution is 9.10. The van der Waals surface area contributed by atoms with Crippen LogP contribution < -0.4 is 5.56 Å². The van der Waals surface area contributed by atoms with Crippen LogP contribution in [0.3, 0.4) is 0 Å². The van der Waals surface area contributed by atoms with Crippen molar-refractivity contribution in [3.63, 3.8) is 0 Å². The average Bonchev–Trinajstić information content (AvgIpc) is 2.55. The molecule has 0 bridgehead atoms. The maximum Gasteiger partial charge on any atom is 0.282 e. The topological polar surface area (TPSA) is 47.2 Å². The van der Waals surface area contributed by atoms with Crippen LogP contribution in [0.1, 0.15) is 18.3 Å². The van der Waals surface area contributed by atoms with Gasteiger partial charge in [-0.1, -0.05) is 52.1 Å². The zero-order chi connectivity index (χ0) is 17.3. The van der Waals surface area contributed by atoms with E-state index in [0.29, 0.717) is 38.8 Å². The molecule has 3 rings (SSSR count). The van der Waals surface area contributed by atoms with Crippen molar-refractivity contribution >= 4 is 56.2 Å². The van der Waals surface area contributed by atoms with E-state index in [0.717, 1.165) is 4.47 Å². The molecule has 1 aromatic heterocycles. The number of aryl methyl sites for hydroxylation is 1. The first-order chi connectivity index (χ1) is 11.5. The van der Waals surface area contributed by atoms with Gasteiger partial charge in [-0.3, -0.25) is 4.79 Å². The minimum absolute atomic E-state index is 0.223. The number of fused-ring (bicyclic) bond motifs is 1. The molecule has 0 N–H and O–H groups in total. The second-order valence-corrected chi connectivity index (χ2v) is 6.83. The molecule has 0 aliphatic heterocycles. The van der Waals surface area contributed by atoms with Crippen LogP contribution in [0.4, 0.5) is 0 Å². The molecule has 0 radical (unpaired) electrons. The summed E-state index contributed by atoms with van der Waals surface area (Å²) in [7, 11) is 0. The van der Waals surface area contributed by atoms with Crippen LogP contribution in [-0.2, 0) is 6.42 Å². The fourth-order valence-corrected chi connectivity index (χ4v) is 3.09. The summed E-state index contributed by atoms with van der Waals surface area (Å²) in [6.07, 6.45) is 2.11. The minimum Gasteiger partial charge on any atom is -0.267 e. The third-order valence-electron chi connectivity index (χ3n) is 3.47. The van der Waals surface area contributed by atoms with Gasteiger partial charge < -0.3 is 0 Å². The summed E-state index contributed by atoms with van der Waals surface area (Å²) < 4.78 is 2.12. The molecule has 0 saturated carbocycles. The molecule has 0 atom stereocenters. The Morgan fingerprint density at radius 2 is 2.04 bits per heavy atom. The molecule has 0 aliphatic carbocycles. The molecule has 0 unspecified atom stereocenters. The Bertz CT molecular complexity index is 1010. The van der Waals surface area contributed by atoms with Gasteiger partial charge in [0.05, 0.1) is 22.1 Å². The van der Waals surface area contributed by atoms with Crippen molar-refractivity contribution in [2.75, 3.05) is 0 Å². The smallest absolute Gasteiger partial charge is 0.267 e. The molecular weight excluding hydrogens is 413 g/mol. The number of rotatable bonds is 3. The van der Waals surface area contributed by atoms with Gasteiger partial charge in [0.25, 0.3) is 5.56 Å². The molecule has 0 aliphatic rings. The molecular formula is C17H12BrCl2N3O. The summed E-state index contributed by atoms with van der Waals surface area (Å²) in [6.45, 7) is 1.92. The summed E-state index contributed by atoms with van der Waals surface area (Å²) in [5.41, 5.74) is 1.10. The van der Waals surface area contributed by atoms with Crippen molar-refractivity contribution in [3.8, 4) is 0 Å². The van der Waals surface area contributed by atoms with E-state index in [1.807, 2.05) is 19.1 Å². The second-order valence-electron chi connectivity index (χ2n) is 5.07. The summed E-state index contributed by atoms with van der Waals surface area (Å²) in [4.78, 5) is 17.3. The standard InChI is InChI=1S/C17H12BrCl2N3O/c1-2-16-22-15-6-4-11(18)7-13(15)17(24)23(16)21-9-10-3-5-12(19)8-14(10)20/h3-9H,2H2,1H3. The first-order valence-corrected chi connectivity index (χ1v) is 8.75. The predicted molar refractivity (Wildman–Crippen MR) is 103 cm³/mol. The predicted octanol–water partition coefficient (Wildman–Crippen LogP) is 4.91. The van der Waals surface area contributed by atoms with Crippen LogP contribution in [0.5, 0.6) is 0 Å². The van der Waals surface area contributed by atoms with Crippen LogP contribution >= 0.6 is 39.1 Å². The molecule has 122 valence electrons. The van der Waals surface area contributed by atoms with Crippen molar-refractivity contribution in [2.24, 2.45) is 5.10 Å². The summed E-state index contributed by atoms with van der Waals surface area (Å²) in [6, 6.07) is 10.5. The number of hydrogen-bond acceptors (Lipinski definition) is 3. The van der Waals surface area contributed by atoms with Gasteiger partial charge >= 0.3 is 0 Å². The lowest BCUT2D eigenvalue weighted by atomic mass is 10.2. The molecule has 0 amide bonds. The van der Waals surface area contributed by atoms with Gasteiger partial charge in [-0.15, -0.1) is 0 Å². The van der Waals surface area contributed by atoms with Crippen LogP contribution in [0.25, 0.3) is 10.9 Å². The monoisotopic (exact) mass is 423 g/mol. The van der Waals surface area contributed by atoms with Crippen molar-refractivity contribution in [2.45, 2.75) is 13.3 Å². The lowest BCUT2D eigenvalue weighted by Crippen LogP contribution is -2.22. The van der Waals surface area contributed by atoms with Gasteiger partial charge in [0, 0.05) is 21.5 Å². The van der Waals surface area contributed by atoms with Crippen LogP contribution in [0, 0.1) is 0 Å². The maximum atomic E-state index is 12.8. The highest BCUT2D eigenvalue weighted by atomic mass is 79.9. The minimum atomic E-state index is -0.223. The van der Waals surface area contributed by atoms with E-state index in [1.54, 1.807) is 24.3 Å². The highest BCUT2D eigenvalue weighted by Gasteiger charge is 2.09. The summed E-state index contributed by atoms with van der Waals surface area (Å²) in [5.74, 6) is 0.580. The third-order valence-corrected chi connectivity index (χ3v) is 4.52. The van der Waals surface area contributed by atoms with Gasteiger partial charge in [-0.25, -0.2) is 4.98 Å². The number of benzene rings is 2. The Hall–Kier alpha value is -1.69. The lowest BCUT2D eigenvalue weighted by molar-refractivity contribution is 0.734. The lowest BCUT2D eigenvalue weighted by Gasteiger charge is -2.08. The highest BCUT2D eigenvalue weighted by Crippen LogP contribution is 2.20. The Kier molecular flexibility index (Phi) is 5.04. The Labute approximate surface area is 156 Å². The van der Waals surface area contributed by atoms with Crippen LogP contribution in [-0.4, -0.2) is 15.9 Å². The Morgan fingerprint density at radius 1 is 1.25 bits per heavy atom. The molecule has 7 heteroatoms. The van der Waals surface area contributed by atoms with E-state index in [-0.39, 0.29) is 5.56 Å². The first kappa shape index (κ1) is 17.1. The van der Waals surface area contributed by atoms with Crippen LogP contribution in [0.2, 0.25) is 10.0 Å². The van der Waals surface area contributed by atoms with Gasteiger partial charge in [-0.05, 0) is 30.3 Å². The number of halogens is 3. The molecule has 24 heavy (non-hydrogen) atoms. The molecule has 0 saturated heterocycles. The quantitative estimate of drug-likeness (QED) is 0.560. The molecule has 0 fully saturated rings. The number of aromatic nitrogens is 2. The van der Waals surface area contributed by atoms with Crippen molar-refractivity contribution in [1.29, 1.82) is 0 Å². The van der Waals surface area contributed by atoms with E-state index in [2.05, 4.69) is 26.0 Å². The second kappa shape index (κ2) is 7.05. The molecule has 4 nitrogen and oxygen atoms in total. The van der Waals surface area contributed by atoms with Crippen molar-refractivity contribution < 1.29 is 0 Å². The normalized spacial score (nSPS) is 11.5. The summed E-state index contributed by atoms with van der Waals surface area (Å²) >= 11 is 15.4. The van der Waals surface area contributed by atoms with Crippen molar-refractivity contribution in [1.82, 2.24) is 9.66 Å². The Morgan fingerprint density at radius 3 is 2.75 bits per heavy atom. The van der Waals surface area contributed by atoms with E-state index >= 15 is 0 Å². The summed E-state index contributed by atoms with van der Waals surface area (Å²) in [5, 5.41) is 5.80. The van der Waals surface area contributed by atoms with Gasteiger partial charge in [0.2, 0.25) is 0 Å². The van der Waals surface area contributed by atoms with E-state index in [1.165, 1.54) is 10.9 Å². The van der Waals surface area contributed by atoms with E-state index in [4.69, 9.17) is 23.2 Å². The van der Waals surface area contributed by atoms with Gasteiger partial charge in [0.15, 0.2) is 0 Å². The van der Waals surface area contributed by atoms with E-state index < -0.39 is 0 Å². The zero-order valence-corrected chi connectivity index (χ0v) is 15.7. The fourth-order valence-electron chi connectivity index (χ4n) is 2.27. The van der Waals surface area contributed by atoms with Gasteiger partial charge in [0.1, 0.15) is 5.82 Å². The molecule has 2 aromatic carbocycles. The third kappa shape index (κ3) is 3.38. The van der Waals surface area contributed by atoms with E-state index in [9.17, 15) is 4.79 Å². The maximum absolute atomic E-state index is 12.8.